The molecule has 0 fully saturated rings. The molecule has 0 aliphatic heterocycles. The number of aromatic hydroxyl groups is 3. The van der Waals surface area contributed by atoms with Gasteiger partial charge in [-0.2, -0.15) is 0 Å². The molecule has 0 unspecified atom stereocenters. The molecule has 7 nitrogen and oxygen atoms in total. The standard InChI is InChI=1S/C18H20O7/c1-23-15-7-5-10(8-12(15)20)4-6-11(19)16-13(21)9-14(22)17(24-2)18(16)25-3/h5,7-9,20-22H,4,6H2,1-3H3. The number of carbonyl (C=O) groups is 1. The number of ketones is 1. The number of ether oxygens (including phenoxy) is 3. The van der Waals surface area contributed by atoms with Crippen molar-refractivity contribution >= 4 is 5.78 Å². The van der Waals surface area contributed by atoms with Gasteiger partial charge in [-0.3, -0.25) is 4.79 Å². The van der Waals surface area contributed by atoms with E-state index in [4.69, 9.17) is 14.2 Å². The van der Waals surface area contributed by atoms with Crippen LogP contribution < -0.4 is 14.2 Å². The van der Waals surface area contributed by atoms with Gasteiger partial charge in [-0.05, 0) is 24.1 Å². The van der Waals surface area contributed by atoms with Gasteiger partial charge in [-0.15, -0.1) is 0 Å². The molecule has 0 spiro atoms. The summed E-state index contributed by atoms with van der Waals surface area (Å²) in [6.45, 7) is 0. The van der Waals surface area contributed by atoms with E-state index in [1.54, 1.807) is 12.1 Å². The van der Waals surface area contributed by atoms with Crippen LogP contribution in [-0.4, -0.2) is 42.4 Å². The van der Waals surface area contributed by atoms with Gasteiger partial charge in [-0.1, -0.05) is 6.07 Å². The van der Waals surface area contributed by atoms with Crippen molar-refractivity contribution in [1.82, 2.24) is 0 Å². The molecule has 0 amide bonds. The average molecular weight is 348 g/mol. The van der Waals surface area contributed by atoms with E-state index in [2.05, 4.69) is 0 Å². The van der Waals surface area contributed by atoms with Crippen LogP contribution in [0.5, 0.6) is 34.5 Å². The number of benzene rings is 2. The lowest BCUT2D eigenvalue weighted by atomic mass is 10.00. The first kappa shape index (κ1) is 18.3. The smallest absolute Gasteiger partial charge is 0.204 e. The molecule has 25 heavy (non-hydrogen) atoms. The van der Waals surface area contributed by atoms with Crippen LogP contribution in [0.1, 0.15) is 22.3 Å². The van der Waals surface area contributed by atoms with Gasteiger partial charge in [-0.25, -0.2) is 0 Å². The molecular weight excluding hydrogens is 328 g/mol. The van der Waals surface area contributed by atoms with Gasteiger partial charge in [0.25, 0.3) is 0 Å². The Hall–Kier alpha value is -3.09. The van der Waals surface area contributed by atoms with Crippen molar-refractivity contribution in [2.75, 3.05) is 21.3 Å². The highest BCUT2D eigenvalue weighted by Gasteiger charge is 2.24. The van der Waals surface area contributed by atoms with Crippen LogP contribution in [0.4, 0.5) is 0 Å². The number of hydrogen-bond donors (Lipinski definition) is 3. The zero-order valence-corrected chi connectivity index (χ0v) is 14.2. The molecule has 2 aromatic rings. The van der Waals surface area contributed by atoms with Crippen molar-refractivity contribution in [1.29, 1.82) is 0 Å². The SMILES string of the molecule is COc1ccc(CCC(=O)c2c(O)cc(O)c(OC)c2OC)cc1O. The van der Waals surface area contributed by atoms with Crippen molar-refractivity contribution in [2.24, 2.45) is 0 Å². The highest BCUT2D eigenvalue weighted by molar-refractivity contribution is 6.02. The molecule has 0 aliphatic carbocycles. The van der Waals surface area contributed by atoms with Crippen LogP contribution in [0.2, 0.25) is 0 Å². The molecule has 2 rings (SSSR count). The Morgan fingerprint density at radius 3 is 2.12 bits per heavy atom. The molecule has 134 valence electrons. The molecule has 3 N–H and O–H groups in total. The summed E-state index contributed by atoms with van der Waals surface area (Å²) in [4.78, 5) is 12.5. The Morgan fingerprint density at radius 2 is 1.56 bits per heavy atom. The third-order valence-electron chi connectivity index (χ3n) is 3.77. The molecule has 7 heteroatoms. The highest BCUT2D eigenvalue weighted by Crippen LogP contribution is 2.44. The largest absolute Gasteiger partial charge is 0.507 e. The summed E-state index contributed by atoms with van der Waals surface area (Å²) in [6, 6.07) is 5.89. The molecule has 0 radical (unpaired) electrons. The van der Waals surface area contributed by atoms with E-state index in [9.17, 15) is 20.1 Å². The minimum Gasteiger partial charge on any atom is -0.507 e. The maximum atomic E-state index is 12.5. The first-order chi connectivity index (χ1) is 11.9. The summed E-state index contributed by atoms with van der Waals surface area (Å²) < 4.78 is 15.1. The van der Waals surface area contributed by atoms with E-state index in [1.807, 2.05) is 0 Å². The first-order valence-corrected chi connectivity index (χ1v) is 7.48. The van der Waals surface area contributed by atoms with E-state index in [0.29, 0.717) is 12.2 Å². The van der Waals surface area contributed by atoms with Gasteiger partial charge in [0.15, 0.2) is 28.8 Å². The Kier molecular flexibility index (Phi) is 5.59. The summed E-state index contributed by atoms with van der Waals surface area (Å²) in [5.74, 6) is -0.820. The second kappa shape index (κ2) is 7.65. The van der Waals surface area contributed by atoms with Crippen molar-refractivity contribution in [3.8, 4) is 34.5 Å². The molecule has 0 aromatic heterocycles. The van der Waals surface area contributed by atoms with Crippen LogP contribution >= 0.6 is 0 Å². The Labute approximate surface area is 145 Å². The van der Waals surface area contributed by atoms with Crippen molar-refractivity contribution in [3.63, 3.8) is 0 Å². The topological polar surface area (TPSA) is 105 Å². The minimum atomic E-state index is -0.391. The normalized spacial score (nSPS) is 10.4. The van der Waals surface area contributed by atoms with Crippen molar-refractivity contribution in [2.45, 2.75) is 12.8 Å². The third kappa shape index (κ3) is 3.71. The summed E-state index contributed by atoms with van der Waals surface area (Å²) in [5.41, 5.74) is 0.672. The van der Waals surface area contributed by atoms with Crippen LogP contribution in [0.25, 0.3) is 0 Å². The van der Waals surface area contributed by atoms with Crippen LogP contribution in [-0.2, 0) is 6.42 Å². The van der Waals surface area contributed by atoms with Gasteiger partial charge < -0.3 is 29.5 Å². The second-order valence-corrected chi connectivity index (χ2v) is 5.29. The Morgan fingerprint density at radius 1 is 0.880 bits per heavy atom. The molecule has 0 bridgehead atoms. The summed E-state index contributed by atoms with van der Waals surface area (Å²) in [5, 5.41) is 29.6. The third-order valence-corrected chi connectivity index (χ3v) is 3.77. The predicted molar refractivity (Wildman–Crippen MR) is 90.2 cm³/mol. The van der Waals surface area contributed by atoms with Gasteiger partial charge >= 0.3 is 0 Å². The highest BCUT2D eigenvalue weighted by atomic mass is 16.5. The Balaban J connectivity index is 2.25. The van der Waals surface area contributed by atoms with Crippen LogP contribution in [0.15, 0.2) is 24.3 Å². The summed E-state index contributed by atoms with van der Waals surface area (Å²) in [6.07, 6.45) is 0.395. The number of carbonyl (C=O) groups excluding carboxylic acids is 1. The lowest BCUT2D eigenvalue weighted by Gasteiger charge is -2.15. The van der Waals surface area contributed by atoms with Crippen molar-refractivity contribution in [3.05, 3.63) is 35.4 Å². The fraction of sp³-hybridized carbons (Fsp3) is 0.278. The number of aryl methyl sites for hydroxylation is 1. The molecule has 2 aromatic carbocycles. The molecular formula is C18H20O7. The molecule has 0 saturated heterocycles. The molecule has 0 aliphatic rings. The van der Waals surface area contributed by atoms with E-state index < -0.39 is 5.75 Å². The second-order valence-electron chi connectivity index (χ2n) is 5.29. The number of hydrogen-bond acceptors (Lipinski definition) is 7. The number of phenolic OH excluding ortho intramolecular Hbond substituents is 3. The van der Waals surface area contributed by atoms with Gasteiger partial charge in [0.1, 0.15) is 11.3 Å². The maximum Gasteiger partial charge on any atom is 0.204 e. The van der Waals surface area contributed by atoms with Gasteiger partial charge in [0.05, 0.1) is 21.3 Å². The molecule has 0 heterocycles. The first-order valence-electron chi connectivity index (χ1n) is 7.48. The lowest BCUT2D eigenvalue weighted by Crippen LogP contribution is -2.06. The fourth-order valence-corrected chi connectivity index (χ4v) is 2.55. The van der Waals surface area contributed by atoms with E-state index in [1.165, 1.54) is 27.4 Å². The number of phenols is 3. The number of methoxy groups -OCH3 is 3. The van der Waals surface area contributed by atoms with Crippen molar-refractivity contribution < 1.29 is 34.3 Å². The Bertz CT molecular complexity index is 783. The fourth-order valence-electron chi connectivity index (χ4n) is 2.55. The summed E-state index contributed by atoms with van der Waals surface area (Å²) >= 11 is 0. The van der Waals surface area contributed by atoms with Gasteiger partial charge in [0.2, 0.25) is 5.75 Å². The lowest BCUT2D eigenvalue weighted by molar-refractivity contribution is 0.0976. The zero-order valence-electron chi connectivity index (χ0n) is 14.2. The number of Topliss-reactive ketones (excluding diaryl/α,β-unsaturated/α-hetero) is 1. The zero-order chi connectivity index (χ0) is 18.6. The molecule has 0 atom stereocenters. The summed E-state index contributed by atoms with van der Waals surface area (Å²) in [7, 11) is 4.09. The average Bonchev–Trinajstić information content (AvgIpc) is 2.59. The van der Waals surface area contributed by atoms with E-state index >= 15 is 0 Å². The maximum absolute atomic E-state index is 12.5. The number of rotatable bonds is 7. The van der Waals surface area contributed by atoms with Crippen LogP contribution in [0.3, 0.4) is 0 Å². The predicted octanol–water partition coefficient (Wildman–Crippen LogP) is 2.64. The monoisotopic (exact) mass is 348 g/mol. The van der Waals surface area contributed by atoms with E-state index in [-0.39, 0.29) is 40.8 Å². The quantitative estimate of drug-likeness (QED) is 0.661. The van der Waals surface area contributed by atoms with Crippen LogP contribution in [0, 0.1) is 0 Å². The minimum absolute atomic E-state index is 0.0146. The molecule has 0 saturated carbocycles. The van der Waals surface area contributed by atoms with E-state index in [0.717, 1.165) is 11.6 Å². The van der Waals surface area contributed by atoms with Gasteiger partial charge in [0, 0.05) is 12.5 Å².